The van der Waals surface area contributed by atoms with Crippen molar-refractivity contribution < 1.29 is 19.0 Å². The largest absolute Gasteiger partial charge is 0.458 e. The molecule has 1 heterocycles. The van der Waals surface area contributed by atoms with E-state index in [0.717, 1.165) is 29.2 Å². The quantitative estimate of drug-likeness (QED) is 0.368. The number of rotatable bonds is 9. The zero-order chi connectivity index (χ0) is 20.1. The van der Waals surface area contributed by atoms with Gasteiger partial charge in [0.25, 0.3) is 0 Å². The molecule has 0 spiro atoms. The molecule has 0 aliphatic carbocycles. The molecule has 0 aliphatic rings. The van der Waals surface area contributed by atoms with Crippen molar-refractivity contribution in [2.75, 3.05) is 13.2 Å². The van der Waals surface area contributed by atoms with E-state index in [1.807, 2.05) is 39.0 Å². The van der Waals surface area contributed by atoms with Crippen LogP contribution in [0.25, 0.3) is 11.0 Å². The number of nitrogens with zero attached hydrogens (tertiary/aromatic N) is 3. The molecule has 0 unspecified atom stereocenters. The standard InChI is InChI=1S/C19H31N3O4Si/c1-19(2,3)26-18(23)13-25-12-15-7-8-16-17(11-15)22(21-20-16)14-24-9-10-27(4,5)6/h7-8,11H,9-10,12-14H2,1-6H3. The predicted molar refractivity (Wildman–Crippen MR) is 107 cm³/mol. The normalized spacial score (nSPS) is 12.5. The van der Waals surface area contributed by atoms with Gasteiger partial charge in [-0.1, -0.05) is 30.9 Å². The van der Waals surface area contributed by atoms with Crippen LogP contribution >= 0.6 is 0 Å². The van der Waals surface area contributed by atoms with Crippen molar-refractivity contribution in [3.63, 3.8) is 0 Å². The predicted octanol–water partition coefficient (Wildman–Crippen LogP) is 3.60. The molecule has 0 radical (unpaired) electrons. The Labute approximate surface area is 162 Å². The summed E-state index contributed by atoms with van der Waals surface area (Å²) in [5.74, 6) is -0.369. The number of hydrogen-bond acceptors (Lipinski definition) is 6. The molecule has 0 atom stereocenters. The molecule has 0 saturated heterocycles. The number of hydrogen-bond donors (Lipinski definition) is 0. The molecule has 0 bridgehead atoms. The third kappa shape index (κ3) is 7.78. The highest BCUT2D eigenvalue weighted by molar-refractivity contribution is 6.76. The number of aromatic nitrogens is 3. The van der Waals surface area contributed by atoms with Gasteiger partial charge in [0.05, 0.1) is 12.1 Å². The fraction of sp³-hybridized carbons (Fsp3) is 0.632. The van der Waals surface area contributed by atoms with E-state index in [1.54, 1.807) is 4.68 Å². The van der Waals surface area contributed by atoms with Gasteiger partial charge in [-0.05, 0) is 44.5 Å². The van der Waals surface area contributed by atoms with Gasteiger partial charge in [0, 0.05) is 14.7 Å². The van der Waals surface area contributed by atoms with E-state index >= 15 is 0 Å². The smallest absolute Gasteiger partial charge is 0.332 e. The first-order valence-electron chi connectivity index (χ1n) is 9.23. The van der Waals surface area contributed by atoms with Crippen LogP contribution in [-0.2, 0) is 32.3 Å². The van der Waals surface area contributed by atoms with Crippen molar-refractivity contribution in [2.45, 2.75) is 65.4 Å². The average Bonchev–Trinajstić information content (AvgIpc) is 2.91. The maximum absolute atomic E-state index is 11.7. The van der Waals surface area contributed by atoms with Gasteiger partial charge in [-0.2, -0.15) is 0 Å². The summed E-state index contributed by atoms with van der Waals surface area (Å²) >= 11 is 0. The second-order valence-corrected chi connectivity index (χ2v) is 14.5. The van der Waals surface area contributed by atoms with Gasteiger partial charge in [-0.25, -0.2) is 9.48 Å². The molecular weight excluding hydrogens is 362 g/mol. The fourth-order valence-corrected chi connectivity index (χ4v) is 3.11. The zero-order valence-electron chi connectivity index (χ0n) is 17.2. The third-order valence-electron chi connectivity index (χ3n) is 3.70. The van der Waals surface area contributed by atoms with Crippen LogP contribution in [0.2, 0.25) is 25.7 Å². The molecule has 0 N–H and O–H groups in total. The van der Waals surface area contributed by atoms with Gasteiger partial charge < -0.3 is 14.2 Å². The number of fused-ring (bicyclic) bond motifs is 1. The lowest BCUT2D eigenvalue weighted by Gasteiger charge is -2.19. The Morgan fingerprint density at radius 3 is 2.59 bits per heavy atom. The van der Waals surface area contributed by atoms with Crippen molar-refractivity contribution in [1.29, 1.82) is 0 Å². The molecule has 0 amide bonds. The highest BCUT2D eigenvalue weighted by Gasteiger charge is 2.16. The van der Waals surface area contributed by atoms with Crippen LogP contribution in [0.3, 0.4) is 0 Å². The first kappa shape index (κ1) is 21.5. The minimum absolute atomic E-state index is 0.0768. The minimum atomic E-state index is -1.11. The second kappa shape index (κ2) is 8.94. The number of carbonyl (C=O) groups excluding carboxylic acids is 1. The molecule has 0 saturated carbocycles. The zero-order valence-corrected chi connectivity index (χ0v) is 18.2. The highest BCUT2D eigenvalue weighted by Crippen LogP contribution is 2.15. The van der Waals surface area contributed by atoms with E-state index in [9.17, 15) is 4.79 Å². The number of ether oxygens (including phenoxy) is 3. The summed E-state index contributed by atoms with van der Waals surface area (Å²) < 4.78 is 18.2. The minimum Gasteiger partial charge on any atom is -0.458 e. The van der Waals surface area contributed by atoms with Crippen LogP contribution in [0.5, 0.6) is 0 Å². The Hall–Kier alpha value is -1.77. The van der Waals surface area contributed by atoms with Crippen LogP contribution in [-0.4, -0.2) is 47.9 Å². The van der Waals surface area contributed by atoms with Gasteiger partial charge in [-0.3, -0.25) is 0 Å². The fourth-order valence-electron chi connectivity index (χ4n) is 2.35. The van der Waals surface area contributed by atoms with E-state index in [4.69, 9.17) is 14.2 Å². The summed E-state index contributed by atoms with van der Waals surface area (Å²) in [5.41, 5.74) is 2.13. The summed E-state index contributed by atoms with van der Waals surface area (Å²) in [7, 11) is -1.11. The molecule has 150 valence electrons. The summed E-state index contributed by atoms with van der Waals surface area (Å²) in [4.78, 5) is 11.7. The van der Waals surface area contributed by atoms with E-state index in [1.165, 1.54) is 0 Å². The summed E-state index contributed by atoms with van der Waals surface area (Å²) in [6.45, 7) is 13.8. The highest BCUT2D eigenvalue weighted by atomic mass is 28.3. The topological polar surface area (TPSA) is 75.5 Å². The number of esters is 1. The van der Waals surface area contributed by atoms with E-state index in [0.29, 0.717) is 13.3 Å². The Balaban J connectivity index is 1.89. The molecule has 2 aromatic rings. The van der Waals surface area contributed by atoms with E-state index in [2.05, 4.69) is 30.0 Å². The second-order valence-electron chi connectivity index (χ2n) is 8.84. The average molecular weight is 394 g/mol. The molecule has 0 fully saturated rings. The van der Waals surface area contributed by atoms with E-state index in [-0.39, 0.29) is 12.6 Å². The Morgan fingerprint density at radius 1 is 1.19 bits per heavy atom. The van der Waals surface area contributed by atoms with Gasteiger partial charge in [0.1, 0.15) is 24.5 Å². The third-order valence-corrected chi connectivity index (χ3v) is 5.40. The summed E-state index contributed by atoms with van der Waals surface area (Å²) in [6.07, 6.45) is 0. The van der Waals surface area contributed by atoms with Gasteiger partial charge in [0.2, 0.25) is 0 Å². The van der Waals surface area contributed by atoms with Crippen molar-refractivity contribution in [3.8, 4) is 0 Å². The first-order valence-corrected chi connectivity index (χ1v) is 12.9. The maximum atomic E-state index is 11.7. The van der Waals surface area contributed by atoms with Crippen LogP contribution < -0.4 is 0 Å². The first-order chi connectivity index (χ1) is 12.5. The van der Waals surface area contributed by atoms with Crippen molar-refractivity contribution in [1.82, 2.24) is 15.0 Å². The molecule has 27 heavy (non-hydrogen) atoms. The lowest BCUT2D eigenvalue weighted by Crippen LogP contribution is -2.26. The SMILES string of the molecule is CC(C)(C)OC(=O)COCc1ccc2nnn(COCC[Si](C)(C)C)c2c1. The Morgan fingerprint density at radius 2 is 1.93 bits per heavy atom. The van der Waals surface area contributed by atoms with Crippen LogP contribution in [0.1, 0.15) is 26.3 Å². The monoisotopic (exact) mass is 393 g/mol. The van der Waals surface area contributed by atoms with Crippen LogP contribution in [0, 0.1) is 0 Å². The maximum Gasteiger partial charge on any atom is 0.332 e. The van der Waals surface area contributed by atoms with Gasteiger partial charge in [-0.15, -0.1) is 5.10 Å². The number of carbonyl (C=O) groups is 1. The Kier molecular flexibility index (Phi) is 7.13. The lowest BCUT2D eigenvalue weighted by molar-refractivity contribution is -0.160. The lowest BCUT2D eigenvalue weighted by atomic mass is 10.2. The number of benzene rings is 1. The molecule has 7 nitrogen and oxygen atoms in total. The van der Waals surface area contributed by atoms with Crippen molar-refractivity contribution >= 4 is 25.1 Å². The molecular formula is C19H31N3O4Si. The van der Waals surface area contributed by atoms with E-state index < -0.39 is 13.7 Å². The molecule has 2 rings (SSSR count). The molecule has 1 aromatic carbocycles. The van der Waals surface area contributed by atoms with Crippen LogP contribution in [0.15, 0.2) is 18.2 Å². The van der Waals surface area contributed by atoms with Crippen molar-refractivity contribution in [2.24, 2.45) is 0 Å². The van der Waals surface area contributed by atoms with Crippen molar-refractivity contribution in [3.05, 3.63) is 23.8 Å². The van der Waals surface area contributed by atoms with Gasteiger partial charge in [0.15, 0.2) is 0 Å². The molecule has 8 heteroatoms. The molecule has 0 aliphatic heterocycles. The Bertz CT molecular complexity index is 762. The van der Waals surface area contributed by atoms with Crippen LogP contribution in [0.4, 0.5) is 0 Å². The summed E-state index contributed by atoms with van der Waals surface area (Å²) in [6, 6.07) is 6.89. The molecule has 1 aromatic heterocycles. The van der Waals surface area contributed by atoms with Gasteiger partial charge >= 0.3 is 5.97 Å². The summed E-state index contributed by atoms with van der Waals surface area (Å²) in [5, 5.41) is 8.32.